The molecule has 148 valence electrons. The van der Waals surface area contributed by atoms with Crippen molar-refractivity contribution in [1.29, 1.82) is 0 Å². The summed E-state index contributed by atoms with van der Waals surface area (Å²) in [5, 5.41) is 2.81. The van der Waals surface area contributed by atoms with E-state index in [-0.39, 0.29) is 16.7 Å². The average molecular weight is 401 g/mol. The first-order chi connectivity index (χ1) is 13.3. The topological polar surface area (TPSA) is 86.8 Å². The summed E-state index contributed by atoms with van der Waals surface area (Å²) in [6.07, 6.45) is 1.47. The fraction of sp³-hybridized carbons (Fsp3) is 0.300. The average Bonchev–Trinajstić information content (AvgIpc) is 3.12. The highest BCUT2D eigenvalue weighted by Crippen LogP contribution is 2.21. The number of nitrogens with one attached hydrogen (secondary N) is 1. The largest absolute Gasteiger partial charge is 0.348 e. The third-order valence-electron chi connectivity index (χ3n) is 4.67. The highest BCUT2D eigenvalue weighted by molar-refractivity contribution is 7.89. The molecule has 0 atom stereocenters. The number of nitrogens with zero attached hydrogens (tertiary/aromatic N) is 2. The summed E-state index contributed by atoms with van der Waals surface area (Å²) in [4.78, 5) is 26.0. The van der Waals surface area contributed by atoms with Crippen molar-refractivity contribution in [2.75, 3.05) is 25.5 Å². The fourth-order valence-electron chi connectivity index (χ4n) is 2.99. The molecule has 1 N–H and O–H groups in total. The second-order valence-corrected chi connectivity index (χ2v) is 8.96. The number of sulfonamides is 1. The van der Waals surface area contributed by atoms with Crippen LogP contribution in [0.2, 0.25) is 0 Å². The minimum Gasteiger partial charge on any atom is -0.348 e. The van der Waals surface area contributed by atoms with Gasteiger partial charge in [-0.05, 0) is 48.4 Å². The first-order valence-corrected chi connectivity index (χ1v) is 10.4. The van der Waals surface area contributed by atoms with Gasteiger partial charge in [-0.3, -0.25) is 9.59 Å². The van der Waals surface area contributed by atoms with Crippen LogP contribution in [0, 0.1) is 0 Å². The van der Waals surface area contributed by atoms with E-state index in [9.17, 15) is 18.0 Å². The van der Waals surface area contributed by atoms with Crippen molar-refractivity contribution < 1.29 is 18.0 Å². The molecule has 2 aromatic rings. The van der Waals surface area contributed by atoms with E-state index in [1.54, 1.807) is 4.90 Å². The van der Waals surface area contributed by atoms with Gasteiger partial charge in [-0.2, -0.15) is 0 Å². The zero-order chi connectivity index (χ0) is 20.3. The molecule has 2 aromatic carbocycles. The van der Waals surface area contributed by atoms with Gasteiger partial charge in [0, 0.05) is 44.9 Å². The Hall–Kier alpha value is -2.71. The Labute approximate surface area is 165 Å². The molecule has 0 saturated carbocycles. The Balaban J connectivity index is 1.60. The van der Waals surface area contributed by atoms with Crippen LogP contribution in [0.4, 0.5) is 5.69 Å². The summed E-state index contributed by atoms with van der Waals surface area (Å²) >= 11 is 0. The third kappa shape index (κ3) is 4.23. The Morgan fingerprint density at radius 2 is 1.71 bits per heavy atom. The van der Waals surface area contributed by atoms with Crippen LogP contribution in [0.15, 0.2) is 53.4 Å². The number of carbonyl (C=O) groups is 2. The second-order valence-electron chi connectivity index (χ2n) is 6.81. The lowest BCUT2D eigenvalue weighted by atomic mass is 10.1. The van der Waals surface area contributed by atoms with Gasteiger partial charge in [0.25, 0.3) is 5.91 Å². The monoisotopic (exact) mass is 401 g/mol. The molecule has 1 aliphatic rings. The Bertz CT molecular complexity index is 968. The van der Waals surface area contributed by atoms with Crippen LogP contribution in [0.1, 0.15) is 28.8 Å². The molecule has 7 nitrogen and oxygen atoms in total. The molecule has 0 radical (unpaired) electrons. The molecule has 8 heteroatoms. The van der Waals surface area contributed by atoms with Crippen molar-refractivity contribution in [3.8, 4) is 0 Å². The van der Waals surface area contributed by atoms with Crippen molar-refractivity contribution in [3.05, 3.63) is 59.7 Å². The van der Waals surface area contributed by atoms with Crippen molar-refractivity contribution in [2.24, 2.45) is 0 Å². The third-order valence-corrected chi connectivity index (χ3v) is 6.50. The van der Waals surface area contributed by atoms with E-state index in [1.165, 1.54) is 38.4 Å². The lowest BCUT2D eigenvalue weighted by molar-refractivity contribution is -0.117. The molecule has 1 fully saturated rings. The molecule has 0 unspecified atom stereocenters. The number of rotatable bonds is 6. The van der Waals surface area contributed by atoms with Crippen LogP contribution in [0.25, 0.3) is 0 Å². The standard InChI is InChI=1S/C20H23N3O4S/c1-22(2)28(26,27)18-11-7-16(8-12-18)20(25)21-14-15-5-9-17(10-6-15)23-13-3-4-19(23)24/h5-12H,3-4,13-14H2,1-2H3,(H,21,25). The van der Waals surface area contributed by atoms with Gasteiger partial charge < -0.3 is 10.2 Å². The molecule has 0 spiro atoms. The van der Waals surface area contributed by atoms with E-state index in [1.807, 2.05) is 24.3 Å². The first kappa shape index (κ1) is 20.0. The zero-order valence-electron chi connectivity index (χ0n) is 15.9. The van der Waals surface area contributed by atoms with E-state index >= 15 is 0 Å². The van der Waals surface area contributed by atoms with E-state index in [0.717, 1.165) is 28.5 Å². The maximum Gasteiger partial charge on any atom is 0.251 e. The molecule has 1 saturated heterocycles. The van der Waals surface area contributed by atoms with E-state index in [4.69, 9.17) is 0 Å². The molecule has 0 aromatic heterocycles. The van der Waals surface area contributed by atoms with Gasteiger partial charge in [-0.15, -0.1) is 0 Å². The molecule has 0 bridgehead atoms. The summed E-state index contributed by atoms with van der Waals surface area (Å²) in [6.45, 7) is 1.08. The normalized spacial score (nSPS) is 14.5. The predicted molar refractivity (Wildman–Crippen MR) is 107 cm³/mol. The lowest BCUT2D eigenvalue weighted by Gasteiger charge is -2.16. The minimum atomic E-state index is -3.52. The Morgan fingerprint density at radius 1 is 1.07 bits per heavy atom. The van der Waals surface area contributed by atoms with Gasteiger partial charge in [0.05, 0.1) is 4.90 Å². The summed E-state index contributed by atoms with van der Waals surface area (Å²) in [7, 11) is -0.598. The lowest BCUT2D eigenvalue weighted by Crippen LogP contribution is -2.24. The molecule has 1 heterocycles. The maximum absolute atomic E-state index is 12.3. The zero-order valence-corrected chi connectivity index (χ0v) is 16.7. The second kappa shape index (κ2) is 8.12. The molecular formula is C20H23N3O4S. The van der Waals surface area contributed by atoms with Crippen LogP contribution in [-0.4, -0.2) is 45.2 Å². The van der Waals surface area contributed by atoms with E-state index in [2.05, 4.69) is 5.32 Å². The van der Waals surface area contributed by atoms with Crippen molar-refractivity contribution in [1.82, 2.24) is 9.62 Å². The van der Waals surface area contributed by atoms with Crippen LogP contribution in [0.3, 0.4) is 0 Å². The van der Waals surface area contributed by atoms with E-state index in [0.29, 0.717) is 18.5 Å². The highest BCUT2D eigenvalue weighted by atomic mass is 32.2. The number of benzene rings is 2. The van der Waals surface area contributed by atoms with Crippen LogP contribution < -0.4 is 10.2 Å². The predicted octanol–water partition coefficient (Wildman–Crippen LogP) is 1.99. The molecule has 1 aliphatic heterocycles. The molecule has 0 aliphatic carbocycles. The number of amides is 2. The molecular weight excluding hydrogens is 378 g/mol. The summed E-state index contributed by atoms with van der Waals surface area (Å²) in [5.41, 5.74) is 2.17. The van der Waals surface area contributed by atoms with Gasteiger partial charge in [-0.25, -0.2) is 12.7 Å². The van der Waals surface area contributed by atoms with Crippen LogP contribution in [0.5, 0.6) is 0 Å². The minimum absolute atomic E-state index is 0.140. The smallest absolute Gasteiger partial charge is 0.251 e. The maximum atomic E-state index is 12.3. The van der Waals surface area contributed by atoms with E-state index < -0.39 is 10.0 Å². The van der Waals surface area contributed by atoms with Gasteiger partial charge in [0.15, 0.2) is 0 Å². The van der Waals surface area contributed by atoms with Gasteiger partial charge >= 0.3 is 0 Å². The Morgan fingerprint density at radius 3 is 2.25 bits per heavy atom. The van der Waals surface area contributed by atoms with Crippen molar-refractivity contribution in [2.45, 2.75) is 24.3 Å². The number of carbonyl (C=O) groups excluding carboxylic acids is 2. The van der Waals surface area contributed by atoms with Gasteiger partial charge in [-0.1, -0.05) is 12.1 Å². The van der Waals surface area contributed by atoms with Gasteiger partial charge in [0.2, 0.25) is 15.9 Å². The first-order valence-electron chi connectivity index (χ1n) is 8.99. The van der Waals surface area contributed by atoms with Crippen molar-refractivity contribution >= 4 is 27.5 Å². The summed E-state index contributed by atoms with van der Waals surface area (Å²) < 4.78 is 25.3. The number of hydrogen-bond acceptors (Lipinski definition) is 4. The van der Waals surface area contributed by atoms with Crippen molar-refractivity contribution in [3.63, 3.8) is 0 Å². The highest BCUT2D eigenvalue weighted by Gasteiger charge is 2.21. The summed E-state index contributed by atoms with van der Waals surface area (Å²) in [5.74, 6) is -0.145. The summed E-state index contributed by atoms with van der Waals surface area (Å²) in [6, 6.07) is 13.4. The quantitative estimate of drug-likeness (QED) is 0.802. The molecule has 2 amide bonds. The SMILES string of the molecule is CN(C)S(=O)(=O)c1ccc(C(=O)NCc2ccc(N3CCCC3=O)cc2)cc1. The van der Waals surface area contributed by atoms with Gasteiger partial charge in [0.1, 0.15) is 0 Å². The molecule has 3 rings (SSSR count). The number of hydrogen-bond donors (Lipinski definition) is 1. The van der Waals surface area contributed by atoms with Crippen LogP contribution in [-0.2, 0) is 21.4 Å². The molecule has 28 heavy (non-hydrogen) atoms. The number of anilines is 1. The van der Waals surface area contributed by atoms with Crippen LogP contribution >= 0.6 is 0 Å². The Kier molecular flexibility index (Phi) is 5.81. The fourth-order valence-corrected chi connectivity index (χ4v) is 3.89.